The van der Waals surface area contributed by atoms with Crippen LogP contribution in [0.15, 0.2) is 10.1 Å². The molecular weight excluding hydrogens is 605 g/mol. The molecule has 4 atom stereocenters. The average Bonchev–Trinajstić information content (AvgIpc) is 3.68. The first-order valence-corrected chi connectivity index (χ1v) is 16.4. The fraction of sp³-hybridized carbons (Fsp3) is 0.606. The van der Waals surface area contributed by atoms with Crippen LogP contribution >= 0.6 is 11.6 Å². The van der Waals surface area contributed by atoms with E-state index in [1.54, 1.807) is 19.0 Å². The number of aliphatic hydroxyl groups is 2. The number of aromatic nitrogens is 1. The summed E-state index contributed by atoms with van der Waals surface area (Å²) in [6, 6.07) is -0.712. The fourth-order valence-corrected chi connectivity index (χ4v) is 7.90. The van der Waals surface area contributed by atoms with E-state index >= 15 is 4.39 Å². The van der Waals surface area contributed by atoms with Crippen LogP contribution in [0.3, 0.4) is 0 Å². The highest BCUT2D eigenvalue weighted by molar-refractivity contribution is 6.35. The largest absolute Gasteiger partial charge is 0.507 e. The molecule has 6 rings (SSSR count). The number of fused-ring (bicyclic) bond motifs is 4. The zero-order chi connectivity index (χ0) is 32.2. The molecule has 0 spiro atoms. The van der Waals surface area contributed by atoms with E-state index < -0.39 is 46.6 Å². The lowest BCUT2D eigenvalue weighted by Crippen LogP contribution is -2.63. The highest BCUT2D eigenvalue weighted by Gasteiger charge is 2.65. The van der Waals surface area contributed by atoms with Crippen LogP contribution in [-0.2, 0) is 11.2 Å². The Balaban J connectivity index is 1.50. The molecule has 1 aromatic heterocycles. The Morgan fingerprint density at radius 1 is 1.09 bits per heavy atom. The summed E-state index contributed by atoms with van der Waals surface area (Å²) in [5, 5.41) is 28.1. The van der Waals surface area contributed by atoms with Gasteiger partial charge in [-0.3, -0.25) is 14.5 Å². The number of unbranched alkanes of at least 4 members (excludes halogenated alkanes) is 2. The maximum atomic E-state index is 16.5. The number of aliphatic hydroxyl groups excluding tert-OH is 1. The van der Waals surface area contributed by atoms with Gasteiger partial charge in [-0.1, -0.05) is 38.3 Å². The Kier molecular flexibility index (Phi) is 8.64. The van der Waals surface area contributed by atoms with Crippen LogP contribution in [0.5, 0.6) is 11.6 Å². The van der Waals surface area contributed by atoms with Crippen LogP contribution in [-0.4, -0.2) is 77.8 Å². The van der Waals surface area contributed by atoms with Gasteiger partial charge < -0.3 is 29.1 Å². The van der Waals surface area contributed by atoms with Gasteiger partial charge in [-0.2, -0.15) is 0 Å². The minimum atomic E-state index is -2.53. The second kappa shape index (κ2) is 12.2. The number of carbonyl (C=O) groups excluding carboxylic acids is 2. The van der Waals surface area contributed by atoms with E-state index in [9.17, 15) is 19.8 Å². The van der Waals surface area contributed by atoms with Crippen molar-refractivity contribution in [2.75, 3.05) is 45.3 Å². The maximum Gasteiger partial charge on any atom is 0.265 e. The molecule has 0 bridgehead atoms. The number of carbonyl (C=O) groups is 2. The van der Waals surface area contributed by atoms with Gasteiger partial charge in [0, 0.05) is 30.1 Å². The monoisotopic (exact) mass is 645 g/mol. The summed E-state index contributed by atoms with van der Waals surface area (Å²) in [7, 11) is 3.52. The smallest absolute Gasteiger partial charge is 0.265 e. The van der Waals surface area contributed by atoms with Gasteiger partial charge in [0.2, 0.25) is 11.6 Å². The van der Waals surface area contributed by atoms with Crippen molar-refractivity contribution in [1.29, 1.82) is 0 Å². The van der Waals surface area contributed by atoms with E-state index in [0.717, 1.165) is 25.7 Å². The normalized spacial score (nSPS) is 25.8. The number of rotatable bonds is 10. The molecule has 45 heavy (non-hydrogen) atoms. The average molecular weight is 646 g/mol. The van der Waals surface area contributed by atoms with Crippen LogP contribution in [0.25, 0.3) is 5.76 Å². The van der Waals surface area contributed by atoms with Crippen LogP contribution in [0.1, 0.15) is 92.1 Å². The molecular formula is C33H41ClFN3O7. The van der Waals surface area contributed by atoms with Gasteiger partial charge in [-0.25, -0.2) is 4.39 Å². The maximum absolute atomic E-state index is 16.5. The zero-order valence-corrected chi connectivity index (χ0v) is 27.0. The topological polar surface area (TPSA) is 126 Å². The fourth-order valence-electron chi connectivity index (χ4n) is 7.55. The zero-order valence-electron chi connectivity index (χ0n) is 26.3. The van der Waals surface area contributed by atoms with Crippen molar-refractivity contribution in [1.82, 2.24) is 10.1 Å². The van der Waals surface area contributed by atoms with Crippen LogP contribution in [0, 0.1) is 17.7 Å². The quantitative estimate of drug-likeness (QED) is 0.246. The van der Waals surface area contributed by atoms with Crippen molar-refractivity contribution in [3.8, 4) is 11.6 Å². The SMILES string of the molecule is CCCCOc1noc2c1C(=O)[C@@]1(O)C(=O)C3=C(O)c4c(c(F)c(N5CCCC5)c(Cl)c4OCCCC)C[C@H]3C[C@H]1[C@@H]2N(C)C. The Morgan fingerprint density at radius 2 is 1.76 bits per heavy atom. The van der Waals surface area contributed by atoms with E-state index in [0.29, 0.717) is 25.9 Å². The first-order valence-electron chi connectivity index (χ1n) is 16.0. The van der Waals surface area contributed by atoms with E-state index in [1.165, 1.54) is 0 Å². The lowest BCUT2D eigenvalue weighted by molar-refractivity contribution is -0.142. The van der Waals surface area contributed by atoms with Crippen LogP contribution in [0.2, 0.25) is 5.02 Å². The molecule has 0 radical (unpaired) electrons. The first kappa shape index (κ1) is 31.8. The van der Waals surface area contributed by atoms with E-state index in [1.807, 2.05) is 18.7 Å². The molecule has 10 nitrogen and oxygen atoms in total. The molecule has 1 saturated carbocycles. The number of hydrogen-bond acceptors (Lipinski definition) is 10. The summed E-state index contributed by atoms with van der Waals surface area (Å²) in [6.45, 7) is 5.84. The van der Waals surface area contributed by atoms with E-state index in [4.69, 9.17) is 25.6 Å². The predicted molar refractivity (Wildman–Crippen MR) is 166 cm³/mol. The number of ketones is 2. The molecule has 2 fully saturated rings. The molecule has 2 aromatic rings. The van der Waals surface area contributed by atoms with Gasteiger partial charge in [0.05, 0.1) is 30.5 Å². The van der Waals surface area contributed by atoms with Crippen LogP contribution in [0.4, 0.5) is 10.1 Å². The molecule has 4 aliphatic rings. The Bertz CT molecular complexity index is 1550. The van der Waals surface area contributed by atoms with Crippen molar-refractivity contribution in [2.24, 2.45) is 11.8 Å². The Hall–Kier alpha value is -3.15. The summed E-state index contributed by atoms with van der Waals surface area (Å²) >= 11 is 6.85. The van der Waals surface area contributed by atoms with Gasteiger partial charge in [-0.15, -0.1) is 0 Å². The van der Waals surface area contributed by atoms with Crippen molar-refractivity contribution in [2.45, 2.75) is 76.9 Å². The van der Waals surface area contributed by atoms with Gasteiger partial charge in [0.1, 0.15) is 16.3 Å². The Labute approximate surface area is 267 Å². The molecule has 1 aromatic carbocycles. The summed E-state index contributed by atoms with van der Waals surface area (Å²) in [6.07, 6.45) is 5.07. The number of Topliss-reactive ketones (excluding diaryl/α,β-unsaturated/α-hetero) is 2. The summed E-state index contributed by atoms with van der Waals surface area (Å²) < 4.78 is 34.0. The third-order valence-corrected chi connectivity index (χ3v) is 10.1. The molecule has 1 saturated heterocycles. The minimum Gasteiger partial charge on any atom is -0.507 e. The van der Waals surface area contributed by atoms with Crippen molar-refractivity contribution >= 4 is 34.6 Å². The lowest BCUT2D eigenvalue weighted by Gasteiger charge is -2.49. The van der Waals surface area contributed by atoms with Gasteiger partial charge in [0.25, 0.3) is 5.88 Å². The number of halogens is 2. The predicted octanol–water partition coefficient (Wildman–Crippen LogP) is 5.69. The minimum absolute atomic E-state index is 0.0138. The lowest BCUT2D eigenvalue weighted by atomic mass is 9.57. The number of benzene rings is 1. The van der Waals surface area contributed by atoms with Crippen molar-refractivity contribution in [3.05, 3.63) is 38.9 Å². The molecule has 3 aliphatic carbocycles. The third-order valence-electron chi connectivity index (χ3n) is 9.80. The van der Waals surface area contributed by atoms with Gasteiger partial charge in [-0.05, 0) is 63.7 Å². The number of ether oxygens (including phenoxy) is 2. The van der Waals surface area contributed by atoms with Crippen molar-refractivity contribution in [3.63, 3.8) is 0 Å². The standard InChI is InChI=1S/C33H41ClFN3O7/c1-5-7-13-43-28-21-18(24(35)26(23(28)34)38-11-9-10-12-38)15-17-16-19-25(37(3)4)29-22(32(36-45-29)44-14-8-6-2)31(41)33(19,42)30(40)20(17)27(21)39/h17,19,25,39,42H,5-16H2,1-4H3/t17-,19-,25-,33-/m0/s1. The molecule has 2 heterocycles. The Morgan fingerprint density at radius 3 is 2.40 bits per heavy atom. The molecule has 0 unspecified atom stereocenters. The number of hydrogen-bond donors (Lipinski definition) is 2. The van der Waals surface area contributed by atoms with E-state index in [2.05, 4.69) is 5.16 Å². The molecule has 2 N–H and O–H groups in total. The number of anilines is 1. The number of nitrogens with zero attached hydrogens (tertiary/aromatic N) is 3. The van der Waals surface area contributed by atoms with E-state index in [-0.39, 0.29) is 76.4 Å². The van der Waals surface area contributed by atoms with Gasteiger partial charge in [0.15, 0.2) is 22.9 Å². The summed E-state index contributed by atoms with van der Waals surface area (Å²) in [5.41, 5.74) is -2.25. The highest BCUT2D eigenvalue weighted by atomic mass is 35.5. The van der Waals surface area contributed by atoms with Gasteiger partial charge >= 0.3 is 0 Å². The molecule has 0 amide bonds. The third kappa shape index (κ3) is 4.84. The van der Waals surface area contributed by atoms with Crippen LogP contribution < -0.4 is 14.4 Å². The second-order valence-corrected chi connectivity index (χ2v) is 13.2. The molecule has 1 aliphatic heterocycles. The van der Waals surface area contributed by atoms with Crippen molar-refractivity contribution < 1.29 is 38.2 Å². The second-order valence-electron chi connectivity index (χ2n) is 12.8. The summed E-state index contributed by atoms with van der Waals surface area (Å²) in [4.78, 5) is 32.3. The first-order chi connectivity index (χ1) is 21.6. The molecule has 12 heteroatoms. The molecule has 244 valence electrons. The highest BCUT2D eigenvalue weighted by Crippen LogP contribution is 2.57. The summed E-state index contributed by atoms with van der Waals surface area (Å²) in [5.74, 6) is -4.23.